The van der Waals surface area contributed by atoms with E-state index < -0.39 is 0 Å². The van der Waals surface area contributed by atoms with E-state index in [4.69, 9.17) is 44.8 Å². The van der Waals surface area contributed by atoms with Gasteiger partial charge < -0.3 is 38.1 Å². The smallest absolute Gasteiger partial charge is 0.409 e. The van der Waals surface area contributed by atoms with Gasteiger partial charge in [0.15, 0.2) is 0 Å². The van der Waals surface area contributed by atoms with Crippen LogP contribution in [-0.2, 0) is 33.2 Å². The van der Waals surface area contributed by atoms with Gasteiger partial charge in [0.05, 0.1) is 79.3 Å². The molecule has 2 aromatic carbocycles. The number of amides is 1. The van der Waals surface area contributed by atoms with Crippen molar-refractivity contribution in [2.45, 2.75) is 5.92 Å². The number of hydrogen-bond acceptors (Lipinski definition) is 8. The average Bonchev–Trinajstić information content (AvgIpc) is 3.30. The molecule has 0 fully saturated rings. The van der Waals surface area contributed by atoms with Crippen LogP contribution in [0.4, 0.5) is 4.79 Å². The van der Waals surface area contributed by atoms with Crippen LogP contribution < -0.4 is 0 Å². The molecule has 0 saturated heterocycles. The Bertz CT molecular complexity index is 933. The Hall–Kier alpha value is -2.24. The molecule has 0 atom stereocenters. The lowest BCUT2D eigenvalue weighted by Gasteiger charge is -2.19. The number of likely N-dealkylation sites (N-methyl/N-ethyl adjacent to an activating group) is 1. The molecule has 0 spiro atoms. The number of halogens is 1. The van der Waals surface area contributed by atoms with Crippen molar-refractivity contribution in [1.29, 1.82) is 0 Å². The fourth-order valence-electron chi connectivity index (χ4n) is 4.25. The summed E-state index contributed by atoms with van der Waals surface area (Å²) in [4.78, 5) is 14.1. The van der Waals surface area contributed by atoms with Crippen molar-refractivity contribution in [3.63, 3.8) is 0 Å². The molecule has 0 aliphatic heterocycles. The third-order valence-electron chi connectivity index (χ3n) is 6.30. The Morgan fingerprint density at radius 3 is 1.50 bits per heavy atom. The van der Waals surface area contributed by atoms with Crippen molar-refractivity contribution in [2.24, 2.45) is 0 Å². The molecule has 0 N–H and O–H groups in total. The highest BCUT2D eigenvalue weighted by Gasteiger charge is 2.29. The zero-order valence-corrected chi connectivity index (χ0v) is 24.1. The van der Waals surface area contributed by atoms with Crippen LogP contribution in [0.25, 0.3) is 11.1 Å². The summed E-state index contributed by atoms with van der Waals surface area (Å²) in [5.41, 5.74) is 4.82. The minimum absolute atomic E-state index is 0.0479. The monoisotopic (exact) mass is 579 g/mol. The summed E-state index contributed by atoms with van der Waals surface area (Å²) < 4.78 is 38.2. The Morgan fingerprint density at radius 1 is 0.650 bits per heavy atom. The highest BCUT2D eigenvalue weighted by Crippen LogP contribution is 2.44. The highest BCUT2D eigenvalue weighted by molar-refractivity contribution is 6.17. The number of carbonyl (C=O) groups is 1. The number of fused-ring (bicyclic) bond motifs is 3. The van der Waals surface area contributed by atoms with Crippen LogP contribution in [0.2, 0.25) is 0 Å². The molecule has 0 heterocycles. The fraction of sp³-hybridized carbons (Fsp3) is 0.567. The van der Waals surface area contributed by atoms with Gasteiger partial charge >= 0.3 is 6.09 Å². The normalized spacial score (nSPS) is 12.3. The standard InChI is InChI=1S/C30H42ClNO8/c1-32(30(33)40-24-29-27-8-4-2-6-25(27)26-7-3-5-9-28(26)29)11-13-35-15-17-37-19-21-39-23-22-38-20-18-36-16-14-34-12-10-31/h2-9,29H,10-24H2,1H3. The van der Waals surface area contributed by atoms with Crippen LogP contribution in [0.15, 0.2) is 48.5 Å². The van der Waals surface area contributed by atoms with E-state index in [0.29, 0.717) is 98.3 Å². The lowest BCUT2D eigenvalue weighted by atomic mass is 9.98. The molecule has 9 nitrogen and oxygen atoms in total. The second-order valence-corrected chi connectivity index (χ2v) is 9.47. The number of nitrogens with zero attached hydrogens (tertiary/aromatic N) is 1. The Labute approximate surface area is 242 Å². The fourth-order valence-corrected chi connectivity index (χ4v) is 4.36. The molecule has 222 valence electrons. The van der Waals surface area contributed by atoms with Crippen LogP contribution in [0.5, 0.6) is 0 Å². The van der Waals surface area contributed by atoms with E-state index in [1.165, 1.54) is 27.2 Å². The third-order valence-corrected chi connectivity index (χ3v) is 6.45. The van der Waals surface area contributed by atoms with Gasteiger partial charge in [0.25, 0.3) is 0 Å². The molecule has 0 bridgehead atoms. The van der Waals surface area contributed by atoms with Gasteiger partial charge in [-0.25, -0.2) is 4.79 Å². The zero-order chi connectivity index (χ0) is 28.3. The molecule has 1 amide bonds. The van der Waals surface area contributed by atoms with Crippen molar-refractivity contribution in [3.8, 4) is 11.1 Å². The van der Waals surface area contributed by atoms with Gasteiger partial charge in [-0.05, 0) is 22.3 Å². The summed E-state index contributed by atoms with van der Waals surface area (Å²) in [5, 5.41) is 0. The molecule has 2 aromatic rings. The summed E-state index contributed by atoms with van der Waals surface area (Å²) in [6.07, 6.45) is -0.358. The summed E-state index contributed by atoms with van der Waals surface area (Å²) in [6.45, 7) is 6.68. The van der Waals surface area contributed by atoms with Gasteiger partial charge in [0.2, 0.25) is 0 Å². The molecular formula is C30H42ClNO8. The lowest BCUT2D eigenvalue weighted by Crippen LogP contribution is -2.32. The topological polar surface area (TPSA) is 84.9 Å². The number of carbonyl (C=O) groups excluding carboxylic acids is 1. The second kappa shape index (κ2) is 19.8. The third kappa shape index (κ3) is 11.3. The second-order valence-electron chi connectivity index (χ2n) is 9.09. The minimum Gasteiger partial charge on any atom is -0.448 e. The molecule has 1 aliphatic rings. The van der Waals surface area contributed by atoms with Crippen LogP contribution in [0.1, 0.15) is 17.0 Å². The van der Waals surface area contributed by atoms with Crippen LogP contribution in [0.3, 0.4) is 0 Å². The van der Waals surface area contributed by atoms with Crippen molar-refractivity contribution >= 4 is 17.7 Å². The quantitative estimate of drug-likeness (QED) is 0.152. The molecule has 40 heavy (non-hydrogen) atoms. The van der Waals surface area contributed by atoms with Crippen molar-refractivity contribution in [1.82, 2.24) is 4.90 Å². The number of hydrogen-bond donors (Lipinski definition) is 0. The number of rotatable bonds is 22. The summed E-state index contributed by atoms with van der Waals surface area (Å²) in [5.74, 6) is 0.541. The first-order valence-electron chi connectivity index (χ1n) is 13.8. The van der Waals surface area contributed by atoms with E-state index in [2.05, 4.69) is 24.3 Å². The molecular weight excluding hydrogens is 538 g/mol. The largest absolute Gasteiger partial charge is 0.448 e. The van der Waals surface area contributed by atoms with E-state index in [1.54, 1.807) is 7.05 Å². The maximum absolute atomic E-state index is 12.5. The van der Waals surface area contributed by atoms with E-state index in [0.717, 1.165) is 0 Å². The molecule has 1 aliphatic carbocycles. The molecule has 0 aromatic heterocycles. The Morgan fingerprint density at radius 2 is 1.05 bits per heavy atom. The van der Waals surface area contributed by atoms with Gasteiger partial charge in [-0.15, -0.1) is 11.6 Å². The zero-order valence-electron chi connectivity index (χ0n) is 23.4. The van der Waals surface area contributed by atoms with Gasteiger partial charge in [-0.1, -0.05) is 48.5 Å². The van der Waals surface area contributed by atoms with Crippen LogP contribution in [0, 0.1) is 0 Å². The number of alkyl halides is 1. The first kappa shape index (κ1) is 32.3. The maximum Gasteiger partial charge on any atom is 0.409 e. The summed E-state index contributed by atoms with van der Waals surface area (Å²) in [6, 6.07) is 16.6. The number of ether oxygens (including phenoxy) is 7. The predicted octanol–water partition coefficient (Wildman–Crippen LogP) is 4.21. The molecule has 0 unspecified atom stereocenters. The van der Waals surface area contributed by atoms with Gasteiger partial charge in [0, 0.05) is 25.4 Å². The summed E-state index contributed by atoms with van der Waals surface area (Å²) >= 11 is 5.51. The molecule has 0 radical (unpaired) electrons. The highest BCUT2D eigenvalue weighted by atomic mass is 35.5. The van der Waals surface area contributed by atoms with Gasteiger partial charge in [-0.3, -0.25) is 0 Å². The molecule has 10 heteroatoms. The van der Waals surface area contributed by atoms with Crippen LogP contribution >= 0.6 is 11.6 Å². The Balaban J connectivity index is 1.12. The van der Waals surface area contributed by atoms with E-state index >= 15 is 0 Å². The SMILES string of the molecule is CN(CCOCCOCCOCCOCCOCCOCCCl)C(=O)OCC1c2ccccc2-c2ccccc21. The van der Waals surface area contributed by atoms with Crippen LogP contribution in [-0.4, -0.2) is 116 Å². The Kier molecular flexibility index (Phi) is 16.0. The van der Waals surface area contributed by atoms with E-state index in [9.17, 15) is 4.79 Å². The van der Waals surface area contributed by atoms with Crippen molar-refractivity contribution in [2.75, 3.05) is 105 Å². The van der Waals surface area contributed by atoms with E-state index in [-0.39, 0.29) is 12.0 Å². The first-order chi connectivity index (χ1) is 19.7. The van der Waals surface area contributed by atoms with Crippen molar-refractivity contribution in [3.05, 3.63) is 59.7 Å². The van der Waals surface area contributed by atoms with E-state index in [1.807, 2.05) is 24.3 Å². The molecule has 0 saturated carbocycles. The predicted molar refractivity (Wildman–Crippen MR) is 153 cm³/mol. The van der Waals surface area contributed by atoms with Crippen molar-refractivity contribution < 1.29 is 38.0 Å². The average molecular weight is 580 g/mol. The lowest BCUT2D eigenvalue weighted by molar-refractivity contribution is -0.0167. The van der Waals surface area contributed by atoms with Gasteiger partial charge in [0.1, 0.15) is 6.61 Å². The van der Waals surface area contributed by atoms with Gasteiger partial charge in [-0.2, -0.15) is 0 Å². The maximum atomic E-state index is 12.5. The molecule has 3 rings (SSSR count). The minimum atomic E-state index is -0.358. The number of benzene rings is 2. The summed E-state index contributed by atoms with van der Waals surface area (Å²) in [7, 11) is 1.71. The first-order valence-corrected chi connectivity index (χ1v) is 14.3.